The Labute approximate surface area is 217 Å². The van der Waals surface area contributed by atoms with Crippen LogP contribution in [0.15, 0.2) is 82.4 Å². The summed E-state index contributed by atoms with van der Waals surface area (Å²) in [5, 5.41) is 12.3. The molecule has 35 heavy (non-hydrogen) atoms. The van der Waals surface area contributed by atoms with Gasteiger partial charge in [-0.15, -0.1) is 10.2 Å². The Morgan fingerprint density at radius 1 is 0.971 bits per heavy atom. The summed E-state index contributed by atoms with van der Waals surface area (Å²) in [6.07, 6.45) is 0. The number of benzene rings is 3. The monoisotopic (exact) mass is 552 g/mol. The largest absolute Gasteiger partial charge is 0.494 e. The van der Waals surface area contributed by atoms with E-state index in [9.17, 15) is 4.79 Å². The standard InChI is InChI=1S/C26H25BrN4O3S/c1-3-33-21-14-10-20(11-15-21)28-25(32)17-35-26-30-29-24(16-34-22-12-8-19(27)9-13-22)31(26)23-7-5-4-6-18(23)2/h4-15H,3,16-17H2,1-2H3,(H,28,32). The number of rotatable bonds is 10. The van der Waals surface area contributed by atoms with Crippen LogP contribution in [0.25, 0.3) is 5.69 Å². The zero-order chi connectivity index (χ0) is 24.6. The van der Waals surface area contributed by atoms with Gasteiger partial charge < -0.3 is 14.8 Å². The number of amides is 1. The van der Waals surface area contributed by atoms with E-state index in [2.05, 4.69) is 31.4 Å². The maximum Gasteiger partial charge on any atom is 0.234 e. The fourth-order valence-electron chi connectivity index (χ4n) is 3.35. The maximum atomic E-state index is 12.6. The number of hydrogen-bond donors (Lipinski definition) is 1. The van der Waals surface area contributed by atoms with E-state index >= 15 is 0 Å². The average Bonchev–Trinajstić information content (AvgIpc) is 3.26. The molecule has 0 saturated carbocycles. The first-order chi connectivity index (χ1) is 17.0. The predicted molar refractivity (Wildman–Crippen MR) is 142 cm³/mol. The molecular weight excluding hydrogens is 528 g/mol. The van der Waals surface area contributed by atoms with Crippen molar-refractivity contribution in [2.75, 3.05) is 17.7 Å². The Morgan fingerprint density at radius 2 is 1.66 bits per heavy atom. The van der Waals surface area contributed by atoms with E-state index in [1.54, 1.807) is 0 Å². The first-order valence-electron chi connectivity index (χ1n) is 11.1. The smallest absolute Gasteiger partial charge is 0.234 e. The van der Waals surface area contributed by atoms with Gasteiger partial charge >= 0.3 is 0 Å². The van der Waals surface area contributed by atoms with Gasteiger partial charge in [0.15, 0.2) is 11.0 Å². The van der Waals surface area contributed by atoms with E-state index in [0.29, 0.717) is 23.3 Å². The minimum Gasteiger partial charge on any atom is -0.494 e. The van der Waals surface area contributed by atoms with Crippen LogP contribution in [0.3, 0.4) is 0 Å². The van der Waals surface area contributed by atoms with Crippen molar-refractivity contribution in [3.63, 3.8) is 0 Å². The molecule has 0 saturated heterocycles. The number of ether oxygens (including phenoxy) is 2. The fourth-order valence-corrected chi connectivity index (χ4v) is 4.38. The number of carbonyl (C=O) groups is 1. The highest BCUT2D eigenvalue weighted by Gasteiger charge is 2.18. The van der Waals surface area contributed by atoms with Crippen molar-refractivity contribution >= 4 is 39.3 Å². The molecule has 0 fully saturated rings. The van der Waals surface area contributed by atoms with Crippen molar-refractivity contribution in [1.82, 2.24) is 14.8 Å². The minimum absolute atomic E-state index is 0.133. The lowest BCUT2D eigenvalue weighted by atomic mass is 10.2. The van der Waals surface area contributed by atoms with E-state index in [1.165, 1.54) is 11.8 Å². The molecule has 0 radical (unpaired) electrons. The zero-order valence-electron chi connectivity index (χ0n) is 19.4. The van der Waals surface area contributed by atoms with E-state index in [4.69, 9.17) is 9.47 Å². The number of aryl methyl sites for hydroxylation is 1. The van der Waals surface area contributed by atoms with E-state index in [0.717, 1.165) is 27.2 Å². The molecule has 1 aromatic heterocycles. The molecule has 0 aliphatic carbocycles. The minimum atomic E-state index is -0.133. The summed E-state index contributed by atoms with van der Waals surface area (Å²) in [6.45, 7) is 4.80. The summed E-state index contributed by atoms with van der Waals surface area (Å²) in [5.41, 5.74) is 2.72. The summed E-state index contributed by atoms with van der Waals surface area (Å²) in [6, 6.07) is 22.9. The van der Waals surface area contributed by atoms with Gasteiger partial charge in [-0.25, -0.2) is 0 Å². The Morgan fingerprint density at radius 3 is 2.37 bits per heavy atom. The van der Waals surface area contributed by atoms with Gasteiger partial charge in [-0.1, -0.05) is 45.9 Å². The van der Waals surface area contributed by atoms with Crippen LogP contribution >= 0.6 is 27.7 Å². The summed E-state index contributed by atoms with van der Waals surface area (Å²) in [4.78, 5) is 12.6. The zero-order valence-corrected chi connectivity index (χ0v) is 21.8. The molecule has 7 nitrogen and oxygen atoms in total. The third kappa shape index (κ3) is 6.64. The van der Waals surface area contributed by atoms with Crippen molar-refractivity contribution in [3.8, 4) is 17.2 Å². The van der Waals surface area contributed by atoms with Crippen molar-refractivity contribution in [3.05, 3.63) is 88.7 Å². The molecule has 0 bridgehead atoms. The molecule has 0 spiro atoms. The van der Waals surface area contributed by atoms with Crippen LogP contribution in [-0.4, -0.2) is 33.0 Å². The second-order valence-electron chi connectivity index (χ2n) is 7.56. The van der Waals surface area contributed by atoms with Gasteiger partial charge in [0.2, 0.25) is 5.91 Å². The van der Waals surface area contributed by atoms with Gasteiger partial charge in [0.25, 0.3) is 0 Å². The quantitative estimate of drug-likeness (QED) is 0.241. The second-order valence-corrected chi connectivity index (χ2v) is 9.42. The highest BCUT2D eigenvalue weighted by Crippen LogP contribution is 2.26. The van der Waals surface area contributed by atoms with E-state index < -0.39 is 0 Å². The number of halogens is 1. The van der Waals surface area contributed by atoms with Crippen molar-refractivity contribution in [2.24, 2.45) is 0 Å². The van der Waals surface area contributed by atoms with Crippen LogP contribution < -0.4 is 14.8 Å². The molecule has 0 aliphatic heterocycles. The number of thioether (sulfide) groups is 1. The average molecular weight is 553 g/mol. The summed E-state index contributed by atoms with van der Waals surface area (Å²) >= 11 is 4.76. The number of anilines is 1. The lowest BCUT2D eigenvalue weighted by molar-refractivity contribution is -0.113. The Bertz CT molecular complexity index is 1280. The van der Waals surface area contributed by atoms with Crippen LogP contribution in [0.4, 0.5) is 5.69 Å². The maximum absolute atomic E-state index is 12.6. The van der Waals surface area contributed by atoms with E-state index in [1.807, 2.05) is 91.2 Å². The van der Waals surface area contributed by atoms with Crippen LogP contribution in [-0.2, 0) is 11.4 Å². The molecule has 180 valence electrons. The molecule has 0 aliphatic rings. The fraction of sp³-hybridized carbons (Fsp3) is 0.192. The highest BCUT2D eigenvalue weighted by atomic mass is 79.9. The van der Waals surface area contributed by atoms with Gasteiger partial charge in [-0.3, -0.25) is 9.36 Å². The molecule has 0 atom stereocenters. The number of hydrogen-bond acceptors (Lipinski definition) is 6. The lowest BCUT2D eigenvalue weighted by Crippen LogP contribution is -2.15. The molecule has 4 rings (SSSR count). The third-order valence-electron chi connectivity index (χ3n) is 5.02. The van der Waals surface area contributed by atoms with Crippen LogP contribution in [0.1, 0.15) is 18.3 Å². The summed E-state index contributed by atoms with van der Waals surface area (Å²) in [5.74, 6) is 2.20. The van der Waals surface area contributed by atoms with Crippen LogP contribution in [0.5, 0.6) is 11.5 Å². The SMILES string of the molecule is CCOc1ccc(NC(=O)CSc2nnc(COc3ccc(Br)cc3)n2-c2ccccc2C)cc1. The van der Waals surface area contributed by atoms with Crippen molar-refractivity contribution < 1.29 is 14.3 Å². The molecule has 9 heteroatoms. The molecule has 1 N–H and O–H groups in total. The second kappa shape index (κ2) is 11.9. The number of nitrogens with one attached hydrogen (secondary N) is 1. The highest BCUT2D eigenvalue weighted by molar-refractivity contribution is 9.10. The van der Waals surface area contributed by atoms with Gasteiger partial charge in [0, 0.05) is 10.2 Å². The summed E-state index contributed by atoms with van der Waals surface area (Å²) < 4.78 is 14.3. The van der Waals surface area contributed by atoms with E-state index in [-0.39, 0.29) is 18.3 Å². The summed E-state index contributed by atoms with van der Waals surface area (Å²) in [7, 11) is 0. The first kappa shape index (κ1) is 24.8. The van der Waals surface area contributed by atoms with Crippen molar-refractivity contribution in [2.45, 2.75) is 25.6 Å². The Kier molecular flexibility index (Phi) is 8.44. The van der Waals surface area contributed by atoms with Gasteiger partial charge in [-0.05, 0) is 74.0 Å². The predicted octanol–water partition coefficient (Wildman–Crippen LogP) is 6.05. The van der Waals surface area contributed by atoms with Crippen LogP contribution in [0, 0.1) is 6.92 Å². The van der Waals surface area contributed by atoms with Gasteiger partial charge in [0.05, 0.1) is 18.0 Å². The third-order valence-corrected chi connectivity index (χ3v) is 6.48. The Balaban J connectivity index is 1.48. The first-order valence-corrected chi connectivity index (χ1v) is 12.9. The van der Waals surface area contributed by atoms with Crippen molar-refractivity contribution in [1.29, 1.82) is 0 Å². The number of aromatic nitrogens is 3. The van der Waals surface area contributed by atoms with Gasteiger partial charge in [-0.2, -0.15) is 0 Å². The molecule has 1 heterocycles. The normalized spacial score (nSPS) is 10.7. The lowest BCUT2D eigenvalue weighted by Gasteiger charge is -2.13. The topological polar surface area (TPSA) is 78.3 Å². The molecule has 1 amide bonds. The molecule has 3 aromatic carbocycles. The molecule has 0 unspecified atom stereocenters. The Hall–Kier alpha value is -3.30. The van der Waals surface area contributed by atoms with Gasteiger partial charge in [0.1, 0.15) is 18.1 Å². The number of nitrogens with zero attached hydrogens (tertiary/aromatic N) is 3. The number of carbonyl (C=O) groups excluding carboxylic acids is 1. The number of para-hydroxylation sites is 1. The molecular formula is C26H25BrN4O3S. The molecule has 4 aromatic rings. The van der Waals surface area contributed by atoms with Crippen LogP contribution in [0.2, 0.25) is 0 Å².